The molecule has 0 aromatic carbocycles. The maximum atomic E-state index is 11.9. The van der Waals surface area contributed by atoms with Gasteiger partial charge in [-0.25, -0.2) is 0 Å². The largest absolute Gasteiger partial charge is 0.334 e. The Labute approximate surface area is 102 Å². The molecule has 0 bridgehead atoms. The van der Waals surface area contributed by atoms with Crippen molar-refractivity contribution in [3.63, 3.8) is 0 Å². The summed E-state index contributed by atoms with van der Waals surface area (Å²) in [7, 11) is 0. The van der Waals surface area contributed by atoms with E-state index in [0.29, 0.717) is 17.9 Å². The summed E-state index contributed by atoms with van der Waals surface area (Å²) in [4.78, 5) is 15.8. The van der Waals surface area contributed by atoms with Crippen LogP contribution in [0.25, 0.3) is 0 Å². The number of carbonyl (C=O) groups is 1. The number of nitrogens with zero attached hydrogens (tertiary/aromatic N) is 2. The Morgan fingerprint density at radius 2 is 2.35 bits per heavy atom. The molecule has 4 nitrogen and oxygen atoms in total. The highest BCUT2D eigenvalue weighted by molar-refractivity contribution is 5.94. The van der Waals surface area contributed by atoms with Gasteiger partial charge in [0, 0.05) is 12.4 Å². The molecule has 0 aliphatic carbocycles. The van der Waals surface area contributed by atoms with Crippen molar-refractivity contribution in [1.82, 2.24) is 10.3 Å². The SMILES string of the molecule is CC(C)CC(C)(C#N)NC(=O)c1cccnc1. The monoisotopic (exact) mass is 231 g/mol. The third-order valence-corrected chi connectivity index (χ3v) is 2.38. The van der Waals surface area contributed by atoms with E-state index in [2.05, 4.69) is 16.4 Å². The maximum Gasteiger partial charge on any atom is 0.254 e. The van der Waals surface area contributed by atoms with E-state index >= 15 is 0 Å². The van der Waals surface area contributed by atoms with E-state index in [9.17, 15) is 4.79 Å². The molecule has 1 heterocycles. The number of aromatic nitrogens is 1. The van der Waals surface area contributed by atoms with E-state index in [0.717, 1.165) is 0 Å². The molecular formula is C13H17N3O. The molecule has 1 amide bonds. The number of carbonyl (C=O) groups excluding carboxylic acids is 1. The zero-order chi connectivity index (χ0) is 12.9. The summed E-state index contributed by atoms with van der Waals surface area (Å²) < 4.78 is 0. The Bertz CT molecular complexity index is 422. The molecule has 0 spiro atoms. The third kappa shape index (κ3) is 3.87. The average molecular weight is 231 g/mol. The second-order valence-corrected chi connectivity index (χ2v) is 4.74. The van der Waals surface area contributed by atoms with Gasteiger partial charge in [-0.2, -0.15) is 5.26 Å². The van der Waals surface area contributed by atoms with E-state index in [1.54, 1.807) is 25.3 Å². The predicted molar refractivity (Wildman–Crippen MR) is 65.2 cm³/mol. The highest BCUT2D eigenvalue weighted by Gasteiger charge is 2.27. The minimum atomic E-state index is -0.832. The molecule has 0 saturated heterocycles. The van der Waals surface area contributed by atoms with Gasteiger partial charge in [-0.15, -0.1) is 0 Å². The second-order valence-electron chi connectivity index (χ2n) is 4.74. The Hall–Kier alpha value is -1.89. The van der Waals surface area contributed by atoms with E-state index in [1.807, 2.05) is 13.8 Å². The molecule has 1 N–H and O–H groups in total. The van der Waals surface area contributed by atoms with Gasteiger partial charge in [-0.3, -0.25) is 9.78 Å². The van der Waals surface area contributed by atoms with Crippen LogP contribution in [0, 0.1) is 17.2 Å². The number of nitriles is 1. The minimum Gasteiger partial charge on any atom is -0.334 e. The highest BCUT2D eigenvalue weighted by atomic mass is 16.1. The molecule has 17 heavy (non-hydrogen) atoms. The van der Waals surface area contributed by atoms with Gasteiger partial charge in [0.05, 0.1) is 11.6 Å². The lowest BCUT2D eigenvalue weighted by molar-refractivity contribution is 0.0917. The topological polar surface area (TPSA) is 65.8 Å². The lowest BCUT2D eigenvalue weighted by Gasteiger charge is -2.25. The molecule has 1 aromatic heterocycles. The molecule has 90 valence electrons. The number of amides is 1. The van der Waals surface area contributed by atoms with Crippen LogP contribution in [0.1, 0.15) is 37.6 Å². The lowest BCUT2D eigenvalue weighted by atomic mass is 9.92. The summed E-state index contributed by atoms with van der Waals surface area (Å²) in [5, 5.41) is 11.9. The van der Waals surface area contributed by atoms with E-state index in [-0.39, 0.29) is 5.91 Å². The molecular weight excluding hydrogens is 214 g/mol. The van der Waals surface area contributed by atoms with E-state index in [4.69, 9.17) is 5.26 Å². The van der Waals surface area contributed by atoms with Crippen molar-refractivity contribution in [1.29, 1.82) is 5.26 Å². The van der Waals surface area contributed by atoms with Gasteiger partial charge in [0.15, 0.2) is 0 Å². The van der Waals surface area contributed by atoms with Crippen molar-refractivity contribution >= 4 is 5.91 Å². The van der Waals surface area contributed by atoms with Crippen molar-refractivity contribution in [2.75, 3.05) is 0 Å². The molecule has 0 aliphatic rings. The molecule has 1 atom stereocenters. The first kappa shape index (κ1) is 13.2. The number of rotatable bonds is 4. The van der Waals surface area contributed by atoms with Crippen molar-refractivity contribution in [3.8, 4) is 6.07 Å². The van der Waals surface area contributed by atoms with Crippen LogP contribution in [0.5, 0.6) is 0 Å². The molecule has 1 unspecified atom stereocenters. The maximum absolute atomic E-state index is 11.9. The summed E-state index contributed by atoms with van der Waals surface area (Å²) in [5.74, 6) is 0.0802. The van der Waals surface area contributed by atoms with E-state index < -0.39 is 5.54 Å². The van der Waals surface area contributed by atoms with Gasteiger partial charge >= 0.3 is 0 Å². The fourth-order valence-electron chi connectivity index (χ4n) is 1.76. The lowest BCUT2D eigenvalue weighted by Crippen LogP contribution is -2.45. The molecule has 0 aliphatic heterocycles. The van der Waals surface area contributed by atoms with Gasteiger partial charge in [0.25, 0.3) is 5.91 Å². The van der Waals surface area contributed by atoms with E-state index in [1.165, 1.54) is 6.20 Å². The molecule has 4 heteroatoms. The summed E-state index contributed by atoms with van der Waals surface area (Å²) in [6.45, 7) is 5.78. The van der Waals surface area contributed by atoms with Crippen molar-refractivity contribution in [3.05, 3.63) is 30.1 Å². The van der Waals surface area contributed by atoms with Crippen molar-refractivity contribution in [2.45, 2.75) is 32.7 Å². The van der Waals surface area contributed by atoms with Crippen LogP contribution in [-0.2, 0) is 0 Å². The number of nitrogens with one attached hydrogen (secondary N) is 1. The third-order valence-electron chi connectivity index (χ3n) is 2.38. The van der Waals surface area contributed by atoms with Crippen LogP contribution < -0.4 is 5.32 Å². The normalized spacial score (nSPS) is 13.8. The highest BCUT2D eigenvalue weighted by Crippen LogP contribution is 2.16. The standard InChI is InChI=1S/C13H17N3O/c1-10(2)7-13(3,9-14)16-12(17)11-5-4-6-15-8-11/h4-6,8,10H,7H2,1-3H3,(H,16,17). The van der Waals surface area contributed by atoms with Crippen LogP contribution in [0.3, 0.4) is 0 Å². The van der Waals surface area contributed by atoms with Crippen LogP contribution in [0.4, 0.5) is 0 Å². The fourth-order valence-corrected chi connectivity index (χ4v) is 1.76. The number of hydrogen-bond acceptors (Lipinski definition) is 3. The van der Waals surface area contributed by atoms with Gasteiger partial charge in [0.2, 0.25) is 0 Å². The minimum absolute atomic E-state index is 0.261. The Morgan fingerprint density at radius 3 is 2.82 bits per heavy atom. The smallest absolute Gasteiger partial charge is 0.254 e. The Morgan fingerprint density at radius 1 is 1.65 bits per heavy atom. The summed E-state index contributed by atoms with van der Waals surface area (Å²) >= 11 is 0. The quantitative estimate of drug-likeness (QED) is 0.863. The first-order valence-electron chi connectivity index (χ1n) is 5.60. The van der Waals surface area contributed by atoms with Gasteiger partial charge in [-0.05, 0) is 31.4 Å². The second kappa shape index (κ2) is 5.44. The van der Waals surface area contributed by atoms with Gasteiger partial charge in [0.1, 0.15) is 5.54 Å². The Balaban J connectivity index is 2.77. The van der Waals surface area contributed by atoms with Crippen LogP contribution in [0.2, 0.25) is 0 Å². The van der Waals surface area contributed by atoms with Crippen molar-refractivity contribution in [2.24, 2.45) is 5.92 Å². The molecule has 0 radical (unpaired) electrons. The van der Waals surface area contributed by atoms with Crippen LogP contribution in [0.15, 0.2) is 24.5 Å². The van der Waals surface area contributed by atoms with Gasteiger partial charge < -0.3 is 5.32 Å². The zero-order valence-electron chi connectivity index (χ0n) is 10.4. The first-order valence-corrected chi connectivity index (χ1v) is 5.60. The molecule has 1 rings (SSSR count). The zero-order valence-corrected chi connectivity index (χ0v) is 10.4. The first-order chi connectivity index (χ1) is 7.97. The predicted octanol–water partition coefficient (Wildman–Crippen LogP) is 2.14. The van der Waals surface area contributed by atoms with Crippen molar-refractivity contribution < 1.29 is 4.79 Å². The molecule has 1 aromatic rings. The Kier molecular flexibility index (Phi) is 4.22. The van der Waals surface area contributed by atoms with Gasteiger partial charge in [-0.1, -0.05) is 13.8 Å². The molecule has 0 fully saturated rings. The summed E-state index contributed by atoms with van der Waals surface area (Å²) in [6, 6.07) is 5.53. The average Bonchev–Trinajstić information content (AvgIpc) is 2.29. The number of hydrogen-bond donors (Lipinski definition) is 1. The summed E-state index contributed by atoms with van der Waals surface area (Å²) in [5.41, 5.74) is -0.362. The fraction of sp³-hybridized carbons (Fsp3) is 0.462. The number of pyridine rings is 1. The van der Waals surface area contributed by atoms with Crippen LogP contribution >= 0.6 is 0 Å². The molecule has 0 saturated carbocycles. The summed E-state index contributed by atoms with van der Waals surface area (Å²) in [6.07, 6.45) is 3.71. The van der Waals surface area contributed by atoms with Crippen LogP contribution in [-0.4, -0.2) is 16.4 Å².